The van der Waals surface area contributed by atoms with Crippen LogP contribution in [0.2, 0.25) is 0 Å². The first kappa shape index (κ1) is 10.1. The maximum absolute atomic E-state index is 13.0. The highest BCUT2D eigenvalue weighted by Crippen LogP contribution is 2.49. The van der Waals surface area contributed by atoms with Gasteiger partial charge in [-0.3, -0.25) is 4.79 Å². The molecule has 1 aromatic rings. The summed E-state index contributed by atoms with van der Waals surface area (Å²) in [5.74, 6) is -0.529. The molecule has 2 rings (SSSR count). The lowest BCUT2D eigenvalue weighted by atomic mass is 9.96. The van der Waals surface area contributed by atoms with Gasteiger partial charge in [-0.05, 0) is 37.5 Å². The van der Waals surface area contributed by atoms with Gasteiger partial charge in [-0.1, -0.05) is 12.1 Å². The molecule has 0 heterocycles. The lowest BCUT2D eigenvalue weighted by Gasteiger charge is -2.13. The summed E-state index contributed by atoms with van der Waals surface area (Å²) >= 11 is 0. The largest absolute Gasteiger partial charge is 0.465 e. The van der Waals surface area contributed by atoms with Crippen LogP contribution >= 0.6 is 0 Å². The molecule has 0 amide bonds. The molecule has 1 fully saturated rings. The van der Waals surface area contributed by atoms with Crippen molar-refractivity contribution in [2.75, 3.05) is 6.61 Å². The van der Waals surface area contributed by atoms with E-state index < -0.39 is 5.41 Å². The number of halogens is 1. The Labute approximate surface area is 88.1 Å². The first-order valence-electron chi connectivity index (χ1n) is 5.12. The van der Waals surface area contributed by atoms with E-state index in [2.05, 4.69) is 0 Å². The number of hydrogen-bond donors (Lipinski definition) is 0. The van der Waals surface area contributed by atoms with E-state index in [9.17, 15) is 9.18 Å². The van der Waals surface area contributed by atoms with Crippen LogP contribution in [0.15, 0.2) is 24.3 Å². The Morgan fingerprint density at radius 1 is 1.53 bits per heavy atom. The molecular weight excluding hydrogens is 195 g/mol. The summed E-state index contributed by atoms with van der Waals surface area (Å²) in [5.41, 5.74) is 0.180. The molecule has 0 aliphatic heterocycles. The smallest absolute Gasteiger partial charge is 0.316 e. The molecule has 1 aromatic carbocycles. The van der Waals surface area contributed by atoms with Gasteiger partial charge in [-0.25, -0.2) is 4.39 Å². The molecule has 0 atom stereocenters. The highest BCUT2D eigenvalue weighted by atomic mass is 19.1. The minimum atomic E-state index is -0.557. The van der Waals surface area contributed by atoms with Gasteiger partial charge in [-0.2, -0.15) is 0 Å². The number of ether oxygens (including phenoxy) is 1. The Hall–Kier alpha value is -1.38. The number of benzene rings is 1. The van der Waals surface area contributed by atoms with Crippen LogP contribution in [-0.4, -0.2) is 12.6 Å². The van der Waals surface area contributed by atoms with Gasteiger partial charge in [0, 0.05) is 0 Å². The van der Waals surface area contributed by atoms with Gasteiger partial charge in [0.2, 0.25) is 0 Å². The Kier molecular flexibility index (Phi) is 2.47. The number of hydrogen-bond acceptors (Lipinski definition) is 2. The number of esters is 1. The predicted octanol–water partition coefficient (Wildman–Crippen LogP) is 2.42. The van der Waals surface area contributed by atoms with Gasteiger partial charge in [0.05, 0.1) is 12.0 Å². The molecule has 0 unspecified atom stereocenters. The van der Waals surface area contributed by atoms with E-state index in [1.165, 1.54) is 12.1 Å². The van der Waals surface area contributed by atoms with Gasteiger partial charge in [0.25, 0.3) is 0 Å². The SMILES string of the molecule is CCOC(=O)C1(c2cccc(F)c2)CC1. The van der Waals surface area contributed by atoms with Crippen molar-refractivity contribution in [3.8, 4) is 0 Å². The summed E-state index contributed by atoms with van der Waals surface area (Å²) in [6.07, 6.45) is 1.52. The number of carbonyl (C=O) groups is 1. The van der Waals surface area contributed by atoms with Crippen LogP contribution in [0.3, 0.4) is 0 Å². The molecule has 0 saturated heterocycles. The normalized spacial score (nSPS) is 17.2. The minimum Gasteiger partial charge on any atom is -0.465 e. The molecule has 0 N–H and O–H groups in total. The zero-order valence-electron chi connectivity index (χ0n) is 8.63. The predicted molar refractivity (Wildman–Crippen MR) is 53.9 cm³/mol. The minimum absolute atomic E-state index is 0.226. The van der Waals surface area contributed by atoms with Gasteiger partial charge >= 0.3 is 5.97 Å². The lowest BCUT2D eigenvalue weighted by molar-refractivity contribution is -0.146. The second-order valence-corrected chi connectivity index (χ2v) is 3.81. The van der Waals surface area contributed by atoms with Crippen molar-refractivity contribution < 1.29 is 13.9 Å². The van der Waals surface area contributed by atoms with E-state index in [4.69, 9.17) is 4.74 Å². The van der Waals surface area contributed by atoms with Crippen LogP contribution in [0.4, 0.5) is 4.39 Å². The maximum Gasteiger partial charge on any atom is 0.316 e. The molecule has 0 bridgehead atoms. The average molecular weight is 208 g/mol. The van der Waals surface area contributed by atoms with Crippen molar-refractivity contribution in [3.63, 3.8) is 0 Å². The summed E-state index contributed by atoms with van der Waals surface area (Å²) in [5, 5.41) is 0. The van der Waals surface area contributed by atoms with Crippen molar-refractivity contribution in [1.29, 1.82) is 0 Å². The fourth-order valence-corrected chi connectivity index (χ4v) is 1.79. The fourth-order valence-electron chi connectivity index (χ4n) is 1.79. The van der Waals surface area contributed by atoms with Gasteiger partial charge in [0.15, 0.2) is 0 Å². The van der Waals surface area contributed by atoms with Crippen molar-refractivity contribution in [3.05, 3.63) is 35.6 Å². The lowest BCUT2D eigenvalue weighted by Crippen LogP contribution is -2.23. The molecule has 2 nitrogen and oxygen atoms in total. The third-order valence-electron chi connectivity index (χ3n) is 2.79. The highest BCUT2D eigenvalue weighted by molar-refractivity contribution is 5.86. The van der Waals surface area contributed by atoms with E-state index >= 15 is 0 Å². The molecule has 80 valence electrons. The van der Waals surface area contributed by atoms with E-state index in [1.54, 1.807) is 19.1 Å². The summed E-state index contributed by atoms with van der Waals surface area (Å²) in [6.45, 7) is 2.15. The Morgan fingerprint density at radius 2 is 2.27 bits per heavy atom. The van der Waals surface area contributed by atoms with Crippen molar-refractivity contribution in [1.82, 2.24) is 0 Å². The van der Waals surface area contributed by atoms with E-state index in [-0.39, 0.29) is 11.8 Å². The first-order chi connectivity index (χ1) is 7.19. The van der Waals surface area contributed by atoms with Crippen LogP contribution < -0.4 is 0 Å². The zero-order chi connectivity index (χ0) is 10.9. The third kappa shape index (κ3) is 1.74. The van der Waals surface area contributed by atoms with Gasteiger partial charge < -0.3 is 4.74 Å². The topological polar surface area (TPSA) is 26.3 Å². The monoisotopic (exact) mass is 208 g/mol. The quantitative estimate of drug-likeness (QED) is 0.713. The van der Waals surface area contributed by atoms with Crippen molar-refractivity contribution >= 4 is 5.97 Å². The summed E-state index contributed by atoms with van der Waals surface area (Å²) in [7, 11) is 0. The molecule has 0 aromatic heterocycles. The molecule has 0 spiro atoms. The highest BCUT2D eigenvalue weighted by Gasteiger charge is 2.52. The summed E-state index contributed by atoms with van der Waals surface area (Å²) < 4.78 is 18.0. The van der Waals surface area contributed by atoms with Gasteiger partial charge in [0.1, 0.15) is 5.82 Å². The average Bonchev–Trinajstić information content (AvgIpc) is 2.99. The molecule has 15 heavy (non-hydrogen) atoms. The first-order valence-corrected chi connectivity index (χ1v) is 5.12. The molecule has 0 radical (unpaired) electrons. The standard InChI is InChI=1S/C12H13FO2/c1-2-15-11(14)12(6-7-12)9-4-3-5-10(13)8-9/h3-5,8H,2,6-7H2,1H3. The zero-order valence-corrected chi connectivity index (χ0v) is 8.63. The van der Waals surface area contributed by atoms with Gasteiger partial charge in [-0.15, -0.1) is 0 Å². The Bertz CT molecular complexity index is 383. The molecule has 1 saturated carbocycles. The van der Waals surface area contributed by atoms with E-state index in [0.717, 1.165) is 18.4 Å². The number of carbonyl (C=O) groups excluding carboxylic acids is 1. The molecular formula is C12H13FO2. The summed E-state index contributed by atoms with van der Waals surface area (Å²) in [4.78, 5) is 11.7. The van der Waals surface area contributed by atoms with Crippen molar-refractivity contribution in [2.45, 2.75) is 25.2 Å². The maximum atomic E-state index is 13.0. The fraction of sp³-hybridized carbons (Fsp3) is 0.417. The Morgan fingerprint density at radius 3 is 2.80 bits per heavy atom. The van der Waals surface area contributed by atoms with E-state index in [0.29, 0.717) is 6.61 Å². The van der Waals surface area contributed by atoms with Crippen LogP contribution in [0.25, 0.3) is 0 Å². The molecule has 3 heteroatoms. The van der Waals surface area contributed by atoms with Crippen molar-refractivity contribution in [2.24, 2.45) is 0 Å². The molecule has 1 aliphatic carbocycles. The molecule has 1 aliphatic rings. The second-order valence-electron chi connectivity index (χ2n) is 3.81. The second kappa shape index (κ2) is 3.65. The van der Waals surface area contributed by atoms with E-state index in [1.807, 2.05) is 0 Å². The number of rotatable bonds is 3. The Balaban J connectivity index is 2.26. The summed E-state index contributed by atoms with van der Waals surface area (Å²) in [6, 6.07) is 6.21. The van der Waals surface area contributed by atoms with Crippen LogP contribution in [0, 0.1) is 5.82 Å². The van der Waals surface area contributed by atoms with Crippen LogP contribution in [0.1, 0.15) is 25.3 Å². The van der Waals surface area contributed by atoms with Crippen LogP contribution in [-0.2, 0) is 14.9 Å². The third-order valence-corrected chi connectivity index (χ3v) is 2.79. The van der Waals surface area contributed by atoms with Crippen LogP contribution in [0.5, 0.6) is 0 Å².